The highest BCUT2D eigenvalue weighted by molar-refractivity contribution is 6.05. The van der Waals surface area contributed by atoms with Gasteiger partial charge in [-0.05, 0) is 73.5 Å². The van der Waals surface area contributed by atoms with Crippen LogP contribution in [0.1, 0.15) is 64.7 Å². The molecule has 3 fully saturated rings. The number of rotatable bonds is 10. The standard InChI is InChI=1S/C33H41N5O5/c39-30-13-12-29(32(41)35-30)38-22-27-25(4-1-6-26(27)33(38)42)5-2-14-37-15-3-7-28(37)31(40)34-20-23-8-10-24(11-9-23)21-36-16-18-43-19-17-36/h1,4,6,8-11,28-29H,2-3,5,7,12-22H2,(H,34,40)(H,35,39,41). The molecule has 4 amide bonds. The summed E-state index contributed by atoms with van der Waals surface area (Å²) in [5.74, 6) is -0.734. The first-order valence-electron chi connectivity index (χ1n) is 15.6. The van der Waals surface area contributed by atoms with E-state index in [2.05, 4.69) is 50.8 Å². The van der Waals surface area contributed by atoms with Crippen LogP contribution in [-0.4, -0.2) is 89.8 Å². The monoisotopic (exact) mass is 587 g/mol. The molecule has 0 spiro atoms. The topological polar surface area (TPSA) is 111 Å². The summed E-state index contributed by atoms with van der Waals surface area (Å²) in [6, 6.07) is 13.6. The number of carbonyl (C=O) groups is 4. The predicted octanol–water partition coefficient (Wildman–Crippen LogP) is 1.99. The first-order valence-corrected chi connectivity index (χ1v) is 15.6. The summed E-state index contributed by atoms with van der Waals surface area (Å²) in [6.07, 6.45) is 4.14. The van der Waals surface area contributed by atoms with Crippen molar-refractivity contribution in [1.29, 1.82) is 0 Å². The van der Waals surface area contributed by atoms with Crippen molar-refractivity contribution in [1.82, 2.24) is 25.3 Å². The molecule has 43 heavy (non-hydrogen) atoms. The van der Waals surface area contributed by atoms with Crippen molar-refractivity contribution in [3.05, 3.63) is 70.3 Å². The molecule has 2 aromatic rings. The van der Waals surface area contributed by atoms with Crippen molar-refractivity contribution in [2.45, 2.75) is 70.2 Å². The second-order valence-corrected chi connectivity index (χ2v) is 12.1. The van der Waals surface area contributed by atoms with Gasteiger partial charge in [-0.1, -0.05) is 36.4 Å². The van der Waals surface area contributed by atoms with Gasteiger partial charge in [-0.25, -0.2) is 0 Å². The molecule has 10 nitrogen and oxygen atoms in total. The quantitative estimate of drug-likeness (QED) is 0.409. The summed E-state index contributed by atoms with van der Waals surface area (Å²) in [6.45, 7) is 7.07. The van der Waals surface area contributed by atoms with Crippen molar-refractivity contribution in [2.24, 2.45) is 0 Å². The van der Waals surface area contributed by atoms with E-state index >= 15 is 0 Å². The van der Waals surface area contributed by atoms with Crippen LogP contribution in [0.4, 0.5) is 0 Å². The smallest absolute Gasteiger partial charge is 0.255 e. The Kier molecular flexibility index (Phi) is 9.16. The fourth-order valence-electron chi connectivity index (χ4n) is 6.83. The number of aryl methyl sites for hydroxylation is 1. The number of nitrogens with zero attached hydrogens (tertiary/aromatic N) is 3. The van der Waals surface area contributed by atoms with Crippen molar-refractivity contribution < 1.29 is 23.9 Å². The van der Waals surface area contributed by atoms with Crippen molar-refractivity contribution in [3.8, 4) is 0 Å². The Labute approximate surface area is 252 Å². The van der Waals surface area contributed by atoms with E-state index in [0.717, 1.165) is 88.3 Å². The highest BCUT2D eigenvalue weighted by atomic mass is 16.5. The Balaban J connectivity index is 0.982. The number of piperidine rings is 1. The maximum Gasteiger partial charge on any atom is 0.255 e. The second kappa shape index (κ2) is 13.4. The average molecular weight is 588 g/mol. The molecule has 4 aliphatic rings. The first kappa shape index (κ1) is 29.5. The Morgan fingerprint density at radius 2 is 1.77 bits per heavy atom. The molecule has 10 heteroatoms. The molecular formula is C33H41N5O5. The molecule has 2 unspecified atom stereocenters. The minimum Gasteiger partial charge on any atom is -0.379 e. The van der Waals surface area contributed by atoms with Crippen molar-refractivity contribution in [2.75, 3.05) is 39.4 Å². The fourth-order valence-corrected chi connectivity index (χ4v) is 6.83. The Hall–Kier alpha value is -3.60. The lowest BCUT2D eigenvalue weighted by molar-refractivity contribution is -0.137. The number of fused-ring (bicyclic) bond motifs is 1. The number of benzene rings is 2. The Bertz CT molecular complexity index is 1360. The van der Waals surface area contributed by atoms with Crippen LogP contribution < -0.4 is 10.6 Å². The summed E-state index contributed by atoms with van der Waals surface area (Å²) in [7, 11) is 0. The van der Waals surface area contributed by atoms with E-state index in [1.54, 1.807) is 4.90 Å². The zero-order valence-corrected chi connectivity index (χ0v) is 24.7. The third kappa shape index (κ3) is 6.82. The molecule has 0 bridgehead atoms. The molecule has 0 radical (unpaired) electrons. The lowest BCUT2D eigenvalue weighted by Crippen LogP contribution is -2.52. The van der Waals surface area contributed by atoms with Gasteiger partial charge in [-0.3, -0.25) is 34.3 Å². The third-order valence-electron chi connectivity index (χ3n) is 9.24. The van der Waals surface area contributed by atoms with Gasteiger partial charge in [0.2, 0.25) is 17.7 Å². The summed E-state index contributed by atoms with van der Waals surface area (Å²) >= 11 is 0. The number of morpholine rings is 1. The van der Waals surface area contributed by atoms with E-state index < -0.39 is 11.9 Å². The zero-order chi connectivity index (χ0) is 29.8. The SMILES string of the molecule is O=C1CCC(N2Cc3c(CCCN4CCCC4C(=O)NCc4ccc(CN5CCOCC5)cc4)cccc3C2=O)C(=O)N1. The lowest BCUT2D eigenvalue weighted by atomic mass is 9.99. The number of amides is 4. The first-order chi connectivity index (χ1) is 21.0. The number of ether oxygens (including phenoxy) is 1. The number of hydrogen-bond donors (Lipinski definition) is 2. The van der Waals surface area contributed by atoms with E-state index in [0.29, 0.717) is 25.1 Å². The van der Waals surface area contributed by atoms with E-state index in [1.807, 2.05) is 12.1 Å². The average Bonchev–Trinajstić information content (AvgIpc) is 3.62. The van der Waals surface area contributed by atoms with Crippen LogP contribution in [0.15, 0.2) is 42.5 Å². The highest BCUT2D eigenvalue weighted by Crippen LogP contribution is 2.30. The van der Waals surface area contributed by atoms with Crippen LogP contribution in [0.3, 0.4) is 0 Å². The van der Waals surface area contributed by atoms with Crippen LogP contribution in [0.5, 0.6) is 0 Å². The minimum atomic E-state index is -0.609. The summed E-state index contributed by atoms with van der Waals surface area (Å²) in [5, 5.41) is 5.52. The minimum absolute atomic E-state index is 0.0842. The molecule has 2 N–H and O–H groups in total. The second-order valence-electron chi connectivity index (χ2n) is 12.1. The number of imide groups is 1. The van der Waals surface area contributed by atoms with Gasteiger partial charge < -0.3 is 15.0 Å². The van der Waals surface area contributed by atoms with Crippen LogP contribution in [-0.2, 0) is 45.2 Å². The van der Waals surface area contributed by atoms with E-state index in [1.165, 1.54) is 5.56 Å². The summed E-state index contributed by atoms with van der Waals surface area (Å²) in [5.41, 5.74) is 5.11. The van der Waals surface area contributed by atoms with E-state index in [4.69, 9.17) is 4.74 Å². The normalized spacial score (nSPS) is 23.0. The molecule has 0 aliphatic carbocycles. The molecule has 4 heterocycles. The molecule has 228 valence electrons. The van der Waals surface area contributed by atoms with Gasteiger partial charge in [0.25, 0.3) is 5.91 Å². The van der Waals surface area contributed by atoms with Crippen molar-refractivity contribution in [3.63, 3.8) is 0 Å². The molecule has 0 saturated carbocycles. The van der Waals surface area contributed by atoms with Crippen LogP contribution in [0, 0.1) is 0 Å². The molecule has 2 aromatic carbocycles. The van der Waals surface area contributed by atoms with E-state index in [9.17, 15) is 19.2 Å². The largest absolute Gasteiger partial charge is 0.379 e. The van der Waals surface area contributed by atoms with Crippen LogP contribution in [0.25, 0.3) is 0 Å². The Morgan fingerprint density at radius 1 is 0.977 bits per heavy atom. The van der Waals surface area contributed by atoms with Gasteiger partial charge in [0, 0.05) is 44.7 Å². The zero-order valence-electron chi connectivity index (χ0n) is 24.7. The highest BCUT2D eigenvalue weighted by Gasteiger charge is 2.39. The van der Waals surface area contributed by atoms with Crippen LogP contribution >= 0.6 is 0 Å². The maximum atomic E-state index is 13.1. The molecular weight excluding hydrogens is 546 g/mol. The van der Waals surface area contributed by atoms with Gasteiger partial charge >= 0.3 is 0 Å². The maximum absolute atomic E-state index is 13.1. The Morgan fingerprint density at radius 3 is 2.56 bits per heavy atom. The van der Waals surface area contributed by atoms with E-state index in [-0.39, 0.29) is 30.2 Å². The fraction of sp³-hybridized carbons (Fsp3) is 0.515. The third-order valence-corrected chi connectivity index (χ3v) is 9.24. The molecule has 6 rings (SSSR count). The summed E-state index contributed by atoms with van der Waals surface area (Å²) < 4.78 is 5.43. The molecule has 4 aliphatic heterocycles. The summed E-state index contributed by atoms with van der Waals surface area (Å²) in [4.78, 5) is 56.6. The lowest BCUT2D eigenvalue weighted by Gasteiger charge is -2.29. The van der Waals surface area contributed by atoms with Gasteiger partial charge in [-0.2, -0.15) is 0 Å². The predicted molar refractivity (Wildman–Crippen MR) is 160 cm³/mol. The number of likely N-dealkylation sites (tertiary alicyclic amines) is 1. The molecule has 0 aromatic heterocycles. The van der Waals surface area contributed by atoms with Crippen LogP contribution in [0.2, 0.25) is 0 Å². The van der Waals surface area contributed by atoms with Gasteiger partial charge in [0.1, 0.15) is 6.04 Å². The van der Waals surface area contributed by atoms with Gasteiger partial charge in [0.15, 0.2) is 0 Å². The molecule has 2 atom stereocenters. The number of carbonyl (C=O) groups excluding carboxylic acids is 4. The van der Waals surface area contributed by atoms with Crippen molar-refractivity contribution >= 4 is 23.6 Å². The number of nitrogens with one attached hydrogen (secondary N) is 2. The van der Waals surface area contributed by atoms with Gasteiger partial charge in [0.05, 0.1) is 19.3 Å². The molecule has 3 saturated heterocycles. The van der Waals surface area contributed by atoms with Gasteiger partial charge in [-0.15, -0.1) is 0 Å². The number of hydrogen-bond acceptors (Lipinski definition) is 7.